The summed E-state index contributed by atoms with van der Waals surface area (Å²) in [6, 6.07) is 7.21. The number of likely N-dealkylation sites (tertiary alicyclic amines) is 2. The minimum absolute atomic E-state index is 0.112. The molecule has 1 aromatic rings. The molecule has 24 heavy (non-hydrogen) atoms. The Balaban J connectivity index is 1.24. The number of carbonyl (C=O) groups excluding carboxylic acids is 1. The Bertz CT molecular complexity index is 552. The molecule has 2 aliphatic heterocycles. The molecule has 0 bridgehead atoms. The minimum Gasteiger partial charge on any atom is -0.334 e. The van der Waals surface area contributed by atoms with Gasteiger partial charge in [-0.15, -0.1) is 0 Å². The average molecular weight is 328 g/mol. The number of carbonyl (C=O) groups is 1. The maximum atomic E-state index is 12.5. The molecule has 4 rings (SSSR count). The molecule has 1 N–H and O–H groups in total. The summed E-state index contributed by atoms with van der Waals surface area (Å²) in [5.74, 6) is 0.401. The number of pyridine rings is 1. The third kappa shape index (κ3) is 3.41. The zero-order valence-corrected chi connectivity index (χ0v) is 14.4. The highest BCUT2D eigenvalue weighted by Crippen LogP contribution is 2.27. The van der Waals surface area contributed by atoms with Gasteiger partial charge in [-0.1, -0.05) is 18.9 Å². The zero-order valence-electron chi connectivity index (χ0n) is 14.4. The van der Waals surface area contributed by atoms with Crippen molar-refractivity contribution in [2.45, 2.75) is 56.5 Å². The van der Waals surface area contributed by atoms with E-state index in [1.165, 1.54) is 38.6 Å². The Morgan fingerprint density at radius 2 is 1.92 bits per heavy atom. The summed E-state index contributed by atoms with van der Waals surface area (Å²) in [6.07, 6.45) is 9.60. The third-order valence-corrected chi connectivity index (χ3v) is 5.90. The van der Waals surface area contributed by atoms with Crippen LogP contribution in [0.2, 0.25) is 0 Å². The van der Waals surface area contributed by atoms with Gasteiger partial charge in [0.05, 0.1) is 0 Å². The van der Waals surface area contributed by atoms with Gasteiger partial charge in [0.15, 0.2) is 0 Å². The van der Waals surface area contributed by atoms with Gasteiger partial charge in [-0.25, -0.2) is 4.79 Å². The van der Waals surface area contributed by atoms with E-state index in [4.69, 9.17) is 0 Å². The van der Waals surface area contributed by atoms with Crippen LogP contribution in [0, 0.1) is 0 Å². The van der Waals surface area contributed by atoms with Crippen molar-refractivity contribution in [1.29, 1.82) is 0 Å². The van der Waals surface area contributed by atoms with Crippen molar-refractivity contribution in [1.82, 2.24) is 20.1 Å². The number of amides is 2. The van der Waals surface area contributed by atoms with E-state index >= 15 is 0 Å². The predicted octanol–water partition coefficient (Wildman–Crippen LogP) is 2.60. The summed E-state index contributed by atoms with van der Waals surface area (Å²) >= 11 is 0. The van der Waals surface area contributed by atoms with E-state index in [9.17, 15) is 4.79 Å². The van der Waals surface area contributed by atoms with Crippen LogP contribution in [-0.2, 0) is 0 Å². The molecule has 0 spiro atoms. The molecule has 2 saturated heterocycles. The van der Waals surface area contributed by atoms with Crippen LogP contribution in [0.25, 0.3) is 0 Å². The Morgan fingerprint density at radius 3 is 2.67 bits per heavy atom. The average Bonchev–Trinajstić information content (AvgIpc) is 3.09. The van der Waals surface area contributed by atoms with E-state index in [0.29, 0.717) is 12.0 Å². The molecule has 0 radical (unpaired) electrons. The second kappa shape index (κ2) is 7.09. The predicted molar refractivity (Wildman–Crippen MR) is 93.9 cm³/mol. The summed E-state index contributed by atoms with van der Waals surface area (Å²) in [5, 5.41) is 3.27. The number of nitrogens with zero attached hydrogens (tertiary/aromatic N) is 3. The van der Waals surface area contributed by atoms with Crippen molar-refractivity contribution in [3.8, 4) is 0 Å². The molecule has 5 heteroatoms. The van der Waals surface area contributed by atoms with E-state index in [-0.39, 0.29) is 6.03 Å². The van der Waals surface area contributed by atoms with E-state index in [1.54, 1.807) is 0 Å². The number of hydrogen-bond acceptors (Lipinski definition) is 3. The second-order valence-corrected chi connectivity index (χ2v) is 7.58. The van der Waals surface area contributed by atoms with Gasteiger partial charge in [-0.05, 0) is 44.4 Å². The standard InChI is InChI=1S/C19H28N4O/c24-19(23-12-15(13-23)18-9-3-4-10-20-18)21-16-6-5-11-22(14-16)17-7-1-2-8-17/h3-4,9-10,15-17H,1-2,5-8,11-14H2,(H,21,24). The molecule has 5 nitrogen and oxygen atoms in total. The largest absolute Gasteiger partial charge is 0.334 e. The van der Waals surface area contributed by atoms with E-state index < -0.39 is 0 Å². The molecule has 3 heterocycles. The summed E-state index contributed by atoms with van der Waals surface area (Å²) in [5.41, 5.74) is 1.10. The maximum absolute atomic E-state index is 12.5. The first-order valence-electron chi connectivity index (χ1n) is 9.50. The smallest absolute Gasteiger partial charge is 0.317 e. The monoisotopic (exact) mass is 328 g/mol. The van der Waals surface area contributed by atoms with Crippen LogP contribution in [0.1, 0.15) is 50.1 Å². The summed E-state index contributed by atoms with van der Waals surface area (Å²) in [6.45, 7) is 3.83. The van der Waals surface area contributed by atoms with E-state index in [1.807, 2.05) is 23.2 Å². The van der Waals surface area contributed by atoms with Gasteiger partial charge in [0.2, 0.25) is 0 Å². The van der Waals surface area contributed by atoms with Crippen molar-refractivity contribution < 1.29 is 4.79 Å². The van der Waals surface area contributed by atoms with Crippen LogP contribution < -0.4 is 5.32 Å². The molecule has 1 unspecified atom stereocenters. The quantitative estimate of drug-likeness (QED) is 0.928. The molecular weight excluding hydrogens is 300 g/mol. The van der Waals surface area contributed by atoms with Gasteiger partial charge in [0.25, 0.3) is 0 Å². The Labute approximate surface area is 144 Å². The first-order valence-corrected chi connectivity index (χ1v) is 9.50. The van der Waals surface area contributed by atoms with Crippen molar-refractivity contribution in [2.24, 2.45) is 0 Å². The highest BCUT2D eigenvalue weighted by molar-refractivity contribution is 5.75. The van der Waals surface area contributed by atoms with Gasteiger partial charge in [0, 0.05) is 49.5 Å². The fourth-order valence-corrected chi connectivity index (χ4v) is 4.44. The fourth-order valence-electron chi connectivity index (χ4n) is 4.44. The molecule has 2 amide bonds. The SMILES string of the molecule is O=C(NC1CCCN(C2CCCC2)C1)N1CC(c2ccccn2)C1. The Hall–Kier alpha value is -1.62. The van der Waals surface area contributed by atoms with Gasteiger partial charge in [-0.3, -0.25) is 9.88 Å². The number of urea groups is 1. The van der Waals surface area contributed by atoms with Crippen molar-refractivity contribution >= 4 is 6.03 Å². The molecule has 0 aromatic carbocycles. The van der Waals surface area contributed by atoms with Crippen LogP contribution in [0.5, 0.6) is 0 Å². The molecule has 3 aliphatic rings. The minimum atomic E-state index is 0.112. The molecule has 1 saturated carbocycles. The Morgan fingerprint density at radius 1 is 1.08 bits per heavy atom. The maximum Gasteiger partial charge on any atom is 0.317 e. The van der Waals surface area contributed by atoms with Crippen LogP contribution in [-0.4, -0.2) is 59.1 Å². The van der Waals surface area contributed by atoms with Crippen LogP contribution >= 0.6 is 0 Å². The molecular formula is C19H28N4O. The summed E-state index contributed by atoms with van der Waals surface area (Å²) in [4.78, 5) is 21.4. The lowest BCUT2D eigenvalue weighted by molar-refractivity contribution is 0.120. The van der Waals surface area contributed by atoms with Crippen LogP contribution in [0.3, 0.4) is 0 Å². The van der Waals surface area contributed by atoms with Gasteiger partial charge >= 0.3 is 6.03 Å². The third-order valence-electron chi connectivity index (χ3n) is 5.90. The van der Waals surface area contributed by atoms with Crippen LogP contribution in [0.4, 0.5) is 4.79 Å². The van der Waals surface area contributed by atoms with Crippen molar-refractivity contribution in [3.63, 3.8) is 0 Å². The van der Waals surface area contributed by atoms with Gasteiger partial charge in [0.1, 0.15) is 0 Å². The number of rotatable bonds is 3. The number of nitrogens with one attached hydrogen (secondary N) is 1. The van der Waals surface area contributed by atoms with Crippen molar-refractivity contribution in [3.05, 3.63) is 30.1 Å². The molecule has 130 valence electrons. The molecule has 1 aliphatic carbocycles. The Kier molecular flexibility index (Phi) is 4.69. The van der Waals surface area contributed by atoms with Crippen LogP contribution in [0.15, 0.2) is 24.4 Å². The van der Waals surface area contributed by atoms with Gasteiger partial charge in [-0.2, -0.15) is 0 Å². The second-order valence-electron chi connectivity index (χ2n) is 7.58. The zero-order chi connectivity index (χ0) is 16.4. The van der Waals surface area contributed by atoms with Gasteiger partial charge < -0.3 is 10.2 Å². The normalized spacial score (nSPS) is 26.3. The topological polar surface area (TPSA) is 48.5 Å². The molecule has 1 atom stereocenters. The summed E-state index contributed by atoms with van der Waals surface area (Å²) in [7, 11) is 0. The van der Waals surface area contributed by atoms with E-state index in [2.05, 4.69) is 21.3 Å². The fraction of sp³-hybridized carbons (Fsp3) is 0.684. The highest BCUT2D eigenvalue weighted by atomic mass is 16.2. The lowest BCUT2D eigenvalue weighted by Crippen LogP contribution is -2.57. The summed E-state index contributed by atoms with van der Waals surface area (Å²) < 4.78 is 0. The number of hydrogen-bond donors (Lipinski definition) is 1. The van der Waals surface area contributed by atoms with Crippen molar-refractivity contribution in [2.75, 3.05) is 26.2 Å². The lowest BCUT2D eigenvalue weighted by atomic mass is 9.96. The van der Waals surface area contributed by atoms with E-state index in [0.717, 1.165) is 37.8 Å². The highest BCUT2D eigenvalue weighted by Gasteiger charge is 2.34. The molecule has 1 aromatic heterocycles. The lowest BCUT2D eigenvalue weighted by Gasteiger charge is -2.41. The number of piperidine rings is 1. The molecule has 3 fully saturated rings. The first kappa shape index (κ1) is 15.9. The first-order chi connectivity index (χ1) is 11.8. The number of aromatic nitrogens is 1.